The summed E-state index contributed by atoms with van der Waals surface area (Å²) in [5.74, 6) is 0.614. The zero-order chi connectivity index (χ0) is 17.6. The second kappa shape index (κ2) is 8.52. The van der Waals surface area contributed by atoms with Crippen LogP contribution in [0.25, 0.3) is 0 Å². The fourth-order valence-electron chi connectivity index (χ4n) is 1.79. The number of halogens is 4. The monoisotopic (exact) mass is 463 g/mol. The summed E-state index contributed by atoms with van der Waals surface area (Å²) in [6.45, 7) is 0. The number of hydrogen-bond acceptors (Lipinski definition) is 3. The largest absolute Gasteiger partial charge is 0.417 e. The molecule has 0 bridgehead atoms. The Morgan fingerprint density at radius 3 is 2.54 bits per heavy atom. The topological polar surface area (TPSA) is 50.7 Å². The molecule has 126 valence electrons. The van der Waals surface area contributed by atoms with E-state index >= 15 is 0 Å². The van der Waals surface area contributed by atoms with Gasteiger partial charge in [0, 0.05) is 14.9 Å². The lowest BCUT2D eigenvalue weighted by Gasteiger charge is -2.09. The van der Waals surface area contributed by atoms with Crippen molar-refractivity contribution >= 4 is 45.7 Å². The molecule has 2 N–H and O–H groups in total. The van der Waals surface area contributed by atoms with Crippen LogP contribution in [0.1, 0.15) is 16.7 Å². The highest BCUT2D eigenvalue weighted by atomic mass is 127. The Hall–Kier alpha value is -1.55. The van der Waals surface area contributed by atoms with Gasteiger partial charge >= 0.3 is 6.18 Å². The van der Waals surface area contributed by atoms with E-state index in [9.17, 15) is 13.2 Å². The van der Waals surface area contributed by atoms with Crippen LogP contribution in [0.4, 0.5) is 13.2 Å². The van der Waals surface area contributed by atoms with Gasteiger partial charge in [-0.3, -0.25) is 0 Å². The number of alkyl halides is 3. The van der Waals surface area contributed by atoms with Crippen LogP contribution in [0, 0.1) is 3.57 Å². The maximum Gasteiger partial charge on any atom is 0.417 e. The molecule has 0 saturated heterocycles. The molecule has 0 heterocycles. The Morgan fingerprint density at radius 1 is 1.17 bits per heavy atom. The predicted molar refractivity (Wildman–Crippen MR) is 101 cm³/mol. The lowest BCUT2D eigenvalue weighted by molar-refractivity contribution is -0.137. The van der Waals surface area contributed by atoms with Crippen molar-refractivity contribution in [2.75, 3.05) is 0 Å². The molecule has 0 spiro atoms. The Bertz CT molecular complexity index is 746. The molecule has 2 aromatic rings. The summed E-state index contributed by atoms with van der Waals surface area (Å²) in [4.78, 5) is 0. The fraction of sp³-hybridized carbons (Fsp3) is 0.125. The van der Waals surface area contributed by atoms with Gasteiger partial charge in [-0.15, -0.1) is 5.10 Å². The number of thioether (sulfide) groups is 1. The molecule has 24 heavy (non-hydrogen) atoms. The van der Waals surface area contributed by atoms with Crippen molar-refractivity contribution in [2.45, 2.75) is 11.9 Å². The van der Waals surface area contributed by atoms with Gasteiger partial charge in [0.2, 0.25) is 0 Å². The highest BCUT2D eigenvalue weighted by Gasteiger charge is 2.33. The molecular weight excluding hydrogens is 450 g/mol. The SMILES string of the molecule is NC(=NN=Cc1ccc(I)cc1C(F)(F)F)SCc1ccccc1. The summed E-state index contributed by atoms with van der Waals surface area (Å²) in [6, 6.07) is 13.6. The Labute approximate surface area is 155 Å². The lowest BCUT2D eigenvalue weighted by Crippen LogP contribution is -2.09. The molecule has 0 aliphatic rings. The summed E-state index contributed by atoms with van der Waals surface area (Å²) in [5.41, 5.74) is 5.99. The van der Waals surface area contributed by atoms with Crippen LogP contribution < -0.4 is 5.73 Å². The van der Waals surface area contributed by atoms with Crippen molar-refractivity contribution in [3.05, 3.63) is 68.8 Å². The van der Waals surface area contributed by atoms with E-state index in [1.165, 1.54) is 17.8 Å². The van der Waals surface area contributed by atoms with Crippen molar-refractivity contribution in [1.29, 1.82) is 0 Å². The number of rotatable bonds is 4. The summed E-state index contributed by atoms with van der Waals surface area (Å²) < 4.78 is 39.5. The number of nitrogens with zero attached hydrogens (tertiary/aromatic N) is 2. The quantitative estimate of drug-likeness (QED) is 0.304. The number of hydrogen-bond donors (Lipinski definition) is 1. The summed E-state index contributed by atoms with van der Waals surface area (Å²) in [5, 5.41) is 7.60. The summed E-state index contributed by atoms with van der Waals surface area (Å²) in [6.07, 6.45) is -3.38. The maximum atomic E-state index is 13.0. The van der Waals surface area contributed by atoms with E-state index < -0.39 is 11.7 Å². The molecule has 0 aromatic heterocycles. The van der Waals surface area contributed by atoms with Gasteiger partial charge in [0.05, 0.1) is 11.8 Å². The van der Waals surface area contributed by atoms with Crippen molar-refractivity contribution in [3.8, 4) is 0 Å². The van der Waals surface area contributed by atoms with Gasteiger partial charge in [-0.1, -0.05) is 48.2 Å². The van der Waals surface area contributed by atoms with E-state index in [1.54, 1.807) is 6.07 Å². The molecule has 8 heteroatoms. The standard InChI is InChI=1S/C16H13F3IN3S/c17-16(18,19)14-8-13(20)7-6-12(14)9-22-23-15(21)24-10-11-4-2-1-3-5-11/h1-9H,10H2,(H2,21,23). The first kappa shape index (κ1) is 18.8. The lowest BCUT2D eigenvalue weighted by atomic mass is 10.1. The van der Waals surface area contributed by atoms with Crippen LogP contribution in [0.2, 0.25) is 0 Å². The van der Waals surface area contributed by atoms with Gasteiger partial charge in [0.1, 0.15) is 0 Å². The first-order chi connectivity index (χ1) is 11.4. The highest BCUT2D eigenvalue weighted by molar-refractivity contribution is 14.1. The minimum atomic E-state index is -4.44. The van der Waals surface area contributed by atoms with Crippen LogP contribution in [-0.4, -0.2) is 11.4 Å². The average Bonchev–Trinajstić information content (AvgIpc) is 2.54. The average molecular weight is 463 g/mol. The third-order valence-electron chi connectivity index (χ3n) is 2.90. The van der Waals surface area contributed by atoms with Gasteiger partial charge in [-0.05, 0) is 40.3 Å². The molecule has 0 saturated carbocycles. The fourth-order valence-corrected chi connectivity index (χ4v) is 2.90. The molecule has 0 aliphatic heterocycles. The molecule has 3 nitrogen and oxygen atoms in total. The van der Waals surface area contributed by atoms with E-state index in [0.29, 0.717) is 9.32 Å². The van der Waals surface area contributed by atoms with Crippen LogP contribution >= 0.6 is 34.4 Å². The van der Waals surface area contributed by atoms with Crippen molar-refractivity contribution in [1.82, 2.24) is 0 Å². The summed E-state index contributed by atoms with van der Waals surface area (Å²) in [7, 11) is 0. The van der Waals surface area contributed by atoms with Crippen molar-refractivity contribution in [3.63, 3.8) is 0 Å². The molecule has 0 unspecified atom stereocenters. The Balaban J connectivity index is 2.05. The van der Waals surface area contributed by atoms with Gasteiger partial charge in [0.15, 0.2) is 5.17 Å². The van der Waals surface area contributed by atoms with Crippen LogP contribution in [0.3, 0.4) is 0 Å². The van der Waals surface area contributed by atoms with Gasteiger partial charge < -0.3 is 5.73 Å². The molecule has 2 aromatic carbocycles. The molecule has 0 amide bonds. The minimum absolute atomic E-state index is 0.0486. The Morgan fingerprint density at radius 2 is 1.88 bits per heavy atom. The zero-order valence-corrected chi connectivity index (χ0v) is 15.3. The molecule has 0 fully saturated rings. The van der Waals surface area contributed by atoms with E-state index in [2.05, 4.69) is 10.2 Å². The van der Waals surface area contributed by atoms with Crippen LogP contribution in [0.15, 0.2) is 58.7 Å². The molecule has 0 atom stereocenters. The first-order valence-corrected chi connectivity index (χ1v) is 8.82. The van der Waals surface area contributed by atoms with E-state index in [1.807, 2.05) is 52.9 Å². The molecular formula is C16H13F3IN3S. The molecule has 2 rings (SSSR count). The third-order valence-corrected chi connectivity index (χ3v) is 4.43. The number of benzene rings is 2. The third kappa shape index (κ3) is 5.82. The second-order valence-corrected chi connectivity index (χ2v) is 6.93. The van der Waals surface area contributed by atoms with Crippen LogP contribution in [0.5, 0.6) is 0 Å². The van der Waals surface area contributed by atoms with Gasteiger partial charge in [-0.2, -0.15) is 18.3 Å². The van der Waals surface area contributed by atoms with E-state index in [-0.39, 0.29) is 10.7 Å². The number of nitrogens with two attached hydrogens (primary N) is 1. The molecule has 0 aliphatic carbocycles. The Kier molecular flexibility index (Phi) is 6.67. The normalized spacial score (nSPS) is 12.8. The minimum Gasteiger partial charge on any atom is -0.377 e. The second-order valence-electron chi connectivity index (χ2n) is 4.69. The zero-order valence-electron chi connectivity index (χ0n) is 12.3. The van der Waals surface area contributed by atoms with E-state index in [4.69, 9.17) is 5.73 Å². The van der Waals surface area contributed by atoms with Gasteiger partial charge in [-0.25, -0.2) is 0 Å². The predicted octanol–water partition coefficient (Wildman–Crippen LogP) is 4.89. The highest BCUT2D eigenvalue weighted by Crippen LogP contribution is 2.32. The van der Waals surface area contributed by atoms with Crippen LogP contribution in [-0.2, 0) is 11.9 Å². The number of amidine groups is 1. The maximum absolute atomic E-state index is 13.0. The van der Waals surface area contributed by atoms with Crippen molar-refractivity contribution < 1.29 is 13.2 Å². The van der Waals surface area contributed by atoms with Gasteiger partial charge in [0.25, 0.3) is 0 Å². The van der Waals surface area contributed by atoms with E-state index in [0.717, 1.165) is 17.8 Å². The molecule has 0 radical (unpaired) electrons. The van der Waals surface area contributed by atoms with Crippen molar-refractivity contribution in [2.24, 2.45) is 15.9 Å². The first-order valence-electron chi connectivity index (χ1n) is 6.76. The smallest absolute Gasteiger partial charge is 0.377 e. The summed E-state index contributed by atoms with van der Waals surface area (Å²) >= 11 is 3.10.